The average Bonchev–Trinajstić information content (AvgIpc) is 2.78. The van der Waals surface area contributed by atoms with Gasteiger partial charge in [0.05, 0.1) is 20.3 Å². The third-order valence-electron chi connectivity index (χ3n) is 4.43. The van der Waals surface area contributed by atoms with Crippen LogP contribution in [-0.2, 0) is 6.54 Å². The first-order valence-corrected chi connectivity index (χ1v) is 9.24. The molecule has 0 saturated heterocycles. The molecule has 150 valence electrons. The van der Waals surface area contributed by atoms with Crippen molar-refractivity contribution in [2.24, 2.45) is 0 Å². The molecule has 0 saturated carbocycles. The van der Waals surface area contributed by atoms with Gasteiger partial charge in [-0.05, 0) is 36.2 Å². The van der Waals surface area contributed by atoms with Gasteiger partial charge in [0.2, 0.25) is 5.95 Å². The Labute approximate surface area is 170 Å². The Kier molecular flexibility index (Phi) is 6.63. The first-order valence-electron chi connectivity index (χ1n) is 9.24. The van der Waals surface area contributed by atoms with E-state index in [1.54, 1.807) is 26.5 Å². The number of methoxy groups -OCH3 is 2. The zero-order valence-corrected chi connectivity index (χ0v) is 16.7. The van der Waals surface area contributed by atoms with E-state index in [1.807, 2.05) is 55.5 Å². The maximum Gasteiger partial charge on any atom is 0.270 e. The number of carbonyl (C=O) groups excluding carboxylic acids is 1. The van der Waals surface area contributed by atoms with E-state index in [-0.39, 0.29) is 11.9 Å². The molecule has 0 bridgehead atoms. The molecule has 3 rings (SSSR count). The highest BCUT2D eigenvalue weighted by atomic mass is 16.5. The molecule has 29 heavy (non-hydrogen) atoms. The molecule has 1 unspecified atom stereocenters. The van der Waals surface area contributed by atoms with Crippen LogP contribution in [0.1, 0.15) is 34.6 Å². The summed E-state index contributed by atoms with van der Waals surface area (Å²) >= 11 is 0. The average molecular weight is 392 g/mol. The van der Waals surface area contributed by atoms with Gasteiger partial charge in [0, 0.05) is 12.7 Å². The molecule has 0 fully saturated rings. The lowest BCUT2D eigenvalue weighted by Crippen LogP contribution is -2.27. The lowest BCUT2D eigenvalue weighted by atomic mass is 10.1. The second kappa shape index (κ2) is 9.54. The number of benzene rings is 2. The number of amides is 1. The Balaban J connectivity index is 1.64. The van der Waals surface area contributed by atoms with Crippen LogP contribution in [0.25, 0.3) is 0 Å². The molecule has 7 heteroatoms. The van der Waals surface area contributed by atoms with Crippen LogP contribution < -0.4 is 20.1 Å². The van der Waals surface area contributed by atoms with Gasteiger partial charge in [-0.1, -0.05) is 36.4 Å². The highest BCUT2D eigenvalue weighted by Gasteiger charge is 2.13. The van der Waals surface area contributed by atoms with Crippen LogP contribution in [0.15, 0.2) is 60.8 Å². The second-order valence-corrected chi connectivity index (χ2v) is 6.41. The van der Waals surface area contributed by atoms with E-state index in [1.165, 1.54) is 0 Å². The van der Waals surface area contributed by atoms with Crippen molar-refractivity contribution in [3.05, 3.63) is 77.6 Å². The van der Waals surface area contributed by atoms with Crippen LogP contribution in [0.3, 0.4) is 0 Å². The summed E-state index contributed by atoms with van der Waals surface area (Å²) in [5.41, 5.74) is 2.30. The van der Waals surface area contributed by atoms with Crippen LogP contribution in [0.2, 0.25) is 0 Å². The molecule has 0 aliphatic rings. The van der Waals surface area contributed by atoms with E-state index in [9.17, 15) is 4.79 Å². The molecule has 0 spiro atoms. The van der Waals surface area contributed by atoms with Gasteiger partial charge in [-0.2, -0.15) is 0 Å². The number of nitrogens with one attached hydrogen (secondary N) is 2. The van der Waals surface area contributed by atoms with E-state index in [4.69, 9.17) is 9.47 Å². The topological polar surface area (TPSA) is 85.4 Å². The smallest absolute Gasteiger partial charge is 0.270 e. The largest absolute Gasteiger partial charge is 0.493 e. The molecule has 1 amide bonds. The normalized spacial score (nSPS) is 11.4. The minimum Gasteiger partial charge on any atom is -0.493 e. The van der Waals surface area contributed by atoms with Crippen molar-refractivity contribution in [1.82, 2.24) is 15.3 Å². The van der Waals surface area contributed by atoms with Crippen LogP contribution >= 0.6 is 0 Å². The molecule has 0 aliphatic heterocycles. The van der Waals surface area contributed by atoms with Crippen LogP contribution in [0, 0.1) is 0 Å². The third-order valence-corrected chi connectivity index (χ3v) is 4.43. The summed E-state index contributed by atoms with van der Waals surface area (Å²) in [7, 11) is 3.19. The van der Waals surface area contributed by atoms with Crippen molar-refractivity contribution in [2.45, 2.75) is 19.5 Å². The Morgan fingerprint density at radius 3 is 2.52 bits per heavy atom. The number of nitrogens with zero attached hydrogens (tertiary/aromatic N) is 2. The first kappa shape index (κ1) is 20.1. The van der Waals surface area contributed by atoms with Crippen LogP contribution in [0.5, 0.6) is 11.5 Å². The van der Waals surface area contributed by atoms with Crippen molar-refractivity contribution in [3.8, 4) is 11.5 Å². The van der Waals surface area contributed by atoms with Gasteiger partial charge in [0.1, 0.15) is 5.69 Å². The van der Waals surface area contributed by atoms with Gasteiger partial charge in [-0.15, -0.1) is 0 Å². The number of ether oxygens (including phenoxy) is 2. The molecule has 3 aromatic rings. The van der Waals surface area contributed by atoms with Crippen LogP contribution in [0.4, 0.5) is 5.95 Å². The maximum atomic E-state index is 12.5. The number of aromatic nitrogens is 2. The Bertz CT molecular complexity index is 963. The number of rotatable bonds is 8. The van der Waals surface area contributed by atoms with Gasteiger partial charge < -0.3 is 20.1 Å². The lowest BCUT2D eigenvalue weighted by molar-refractivity contribution is 0.0935. The van der Waals surface area contributed by atoms with Crippen molar-refractivity contribution in [2.75, 3.05) is 19.5 Å². The Hall–Kier alpha value is -3.61. The van der Waals surface area contributed by atoms with Crippen molar-refractivity contribution >= 4 is 11.9 Å². The number of carbonyl (C=O) groups is 1. The summed E-state index contributed by atoms with van der Waals surface area (Å²) in [6.07, 6.45) is 1.56. The summed E-state index contributed by atoms with van der Waals surface area (Å²) in [4.78, 5) is 21.1. The zero-order valence-electron chi connectivity index (χ0n) is 16.7. The fourth-order valence-corrected chi connectivity index (χ4v) is 2.84. The van der Waals surface area contributed by atoms with E-state index >= 15 is 0 Å². The monoisotopic (exact) mass is 392 g/mol. The predicted octanol–water partition coefficient (Wildman–Crippen LogP) is 3.60. The minimum absolute atomic E-state index is 0.123. The number of hydrogen-bond donors (Lipinski definition) is 2. The predicted molar refractivity (Wildman–Crippen MR) is 111 cm³/mol. The van der Waals surface area contributed by atoms with E-state index in [0.29, 0.717) is 29.7 Å². The summed E-state index contributed by atoms with van der Waals surface area (Å²) in [5, 5.41) is 6.09. The third kappa shape index (κ3) is 5.22. The van der Waals surface area contributed by atoms with Crippen molar-refractivity contribution in [3.63, 3.8) is 0 Å². The maximum absolute atomic E-state index is 12.5. The highest BCUT2D eigenvalue weighted by Crippen LogP contribution is 2.27. The molecule has 0 radical (unpaired) electrons. The Morgan fingerprint density at radius 2 is 1.79 bits per heavy atom. The summed E-state index contributed by atoms with van der Waals surface area (Å²) in [5.74, 6) is 1.44. The summed E-state index contributed by atoms with van der Waals surface area (Å²) in [6, 6.07) is 16.9. The SMILES string of the molecule is COc1ccc(CNc2nccc(C(=O)NC(C)c3ccccc3)n2)cc1OC. The molecular weight excluding hydrogens is 368 g/mol. The minimum atomic E-state index is -0.252. The van der Waals surface area contributed by atoms with E-state index in [0.717, 1.165) is 11.1 Å². The van der Waals surface area contributed by atoms with Gasteiger partial charge >= 0.3 is 0 Å². The molecule has 7 nitrogen and oxygen atoms in total. The van der Waals surface area contributed by atoms with Gasteiger partial charge in [-0.25, -0.2) is 9.97 Å². The second-order valence-electron chi connectivity index (χ2n) is 6.41. The molecule has 2 aromatic carbocycles. The molecule has 1 heterocycles. The first-order chi connectivity index (χ1) is 14.1. The molecule has 2 N–H and O–H groups in total. The van der Waals surface area contributed by atoms with E-state index < -0.39 is 0 Å². The summed E-state index contributed by atoms with van der Waals surface area (Å²) < 4.78 is 10.6. The Morgan fingerprint density at radius 1 is 1.03 bits per heavy atom. The van der Waals surface area contributed by atoms with Crippen molar-refractivity contribution < 1.29 is 14.3 Å². The number of hydrogen-bond acceptors (Lipinski definition) is 6. The molecule has 1 aromatic heterocycles. The fourth-order valence-electron chi connectivity index (χ4n) is 2.84. The quantitative estimate of drug-likeness (QED) is 0.609. The summed E-state index contributed by atoms with van der Waals surface area (Å²) in [6.45, 7) is 2.41. The van der Waals surface area contributed by atoms with Crippen LogP contribution in [-0.4, -0.2) is 30.1 Å². The zero-order chi connectivity index (χ0) is 20.6. The fraction of sp³-hybridized carbons (Fsp3) is 0.227. The van der Waals surface area contributed by atoms with Gasteiger partial charge in [0.15, 0.2) is 11.5 Å². The molecule has 1 atom stereocenters. The van der Waals surface area contributed by atoms with Crippen molar-refractivity contribution in [1.29, 1.82) is 0 Å². The standard InChI is InChI=1S/C22H24N4O3/c1-15(17-7-5-4-6-8-17)25-21(27)18-11-12-23-22(26-18)24-14-16-9-10-19(28-2)20(13-16)29-3/h4-13,15H,14H2,1-3H3,(H,25,27)(H,23,24,26). The molecular formula is C22H24N4O3. The van der Waals surface area contributed by atoms with Gasteiger partial charge in [0.25, 0.3) is 5.91 Å². The number of anilines is 1. The highest BCUT2D eigenvalue weighted by molar-refractivity contribution is 5.92. The van der Waals surface area contributed by atoms with E-state index in [2.05, 4.69) is 20.6 Å². The molecule has 0 aliphatic carbocycles. The lowest BCUT2D eigenvalue weighted by Gasteiger charge is -2.14. The van der Waals surface area contributed by atoms with Gasteiger partial charge in [-0.3, -0.25) is 4.79 Å².